The van der Waals surface area contributed by atoms with Crippen molar-refractivity contribution in [2.45, 2.75) is 5.60 Å². The molecule has 108 valence electrons. The van der Waals surface area contributed by atoms with E-state index < -0.39 is 11.5 Å². The first-order valence-electron chi connectivity index (χ1n) is 6.14. The summed E-state index contributed by atoms with van der Waals surface area (Å²) in [6.07, 6.45) is 0. The number of hydrogen-bond donors (Lipinski definition) is 2. The molecule has 21 heavy (non-hydrogen) atoms. The van der Waals surface area contributed by atoms with Crippen molar-refractivity contribution in [3.05, 3.63) is 57.6 Å². The molecule has 2 aromatic carbocycles. The first-order chi connectivity index (χ1) is 9.96. The Bertz CT molecular complexity index is 748. The van der Waals surface area contributed by atoms with Crippen molar-refractivity contribution in [2.75, 3.05) is 12.4 Å². The number of nitrogens with one attached hydrogen (secondary N) is 1. The van der Waals surface area contributed by atoms with E-state index in [1.165, 1.54) is 13.2 Å². The molecule has 0 spiro atoms. The van der Waals surface area contributed by atoms with Crippen LogP contribution in [0.2, 0.25) is 10.0 Å². The molecule has 3 rings (SSSR count). The maximum Gasteiger partial charge on any atom is 0.266 e. The molecule has 0 saturated carbocycles. The summed E-state index contributed by atoms with van der Waals surface area (Å²) in [4.78, 5) is 12.3. The number of aliphatic hydroxyl groups is 1. The maximum atomic E-state index is 12.3. The third-order valence-corrected chi connectivity index (χ3v) is 3.97. The number of amides is 1. The molecule has 2 aromatic rings. The first-order valence-corrected chi connectivity index (χ1v) is 6.90. The van der Waals surface area contributed by atoms with Crippen LogP contribution in [0.15, 0.2) is 36.4 Å². The first kappa shape index (κ1) is 14.2. The van der Waals surface area contributed by atoms with E-state index in [0.717, 1.165) is 0 Å². The molecular weight excluding hydrogens is 313 g/mol. The Morgan fingerprint density at radius 3 is 2.38 bits per heavy atom. The molecule has 1 atom stereocenters. The van der Waals surface area contributed by atoms with Gasteiger partial charge in [-0.2, -0.15) is 0 Å². The number of ether oxygens (including phenoxy) is 1. The highest BCUT2D eigenvalue weighted by Crippen LogP contribution is 2.45. The van der Waals surface area contributed by atoms with Crippen LogP contribution in [0, 0.1) is 0 Å². The van der Waals surface area contributed by atoms with Gasteiger partial charge in [0, 0.05) is 26.9 Å². The fourth-order valence-electron chi connectivity index (χ4n) is 2.49. The number of carbonyl (C=O) groups excluding carboxylic acids is 1. The Morgan fingerprint density at radius 1 is 1.10 bits per heavy atom. The minimum Gasteiger partial charge on any atom is -0.496 e. The third-order valence-electron chi connectivity index (χ3n) is 3.50. The molecule has 0 bridgehead atoms. The summed E-state index contributed by atoms with van der Waals surface area (Å²) in [5, 5.41) is 14.5. The van der Waals surface area contributed by atoms with E-state index in [-0.39, 0.29) is 5.56 Å². The Morgan fingerprint density at radius 2 is 1.71 bits per heavy atom. The van der Waals surface area contributed by atoms with Gasteiger partial charge in [0.05, 0.1) is 7.11 Å². The Balaban J connectivity index is 2.29. The van der Waals surface area contributed by atoms with E-state index in [9.17, 15) is 9.90 Å². The van der Waals surface area contributed by atoms with Gasteiger partial charge in [-0.1, -0.05) is 23.2 Å². The number of fused-ring (bicyclic) bond motifs is 1. The number of rotatable bonds is 2. The summed E-state index contributed by atoms with van der Waals surface area (Å²) in [5.74, 6) is -0.204. The average molecular weight is 324 g/mol. The van der Waals surface area contributed by atoms with Gasteiger partial charge in [-0.3, -0.25) is 4.79 Å². The lowest BCUT2D eigenvalue weighted by Gasteiger charge is -2.24. The number of carbonyl (C=O) groups is 1. The van der Waals surface area contributed by atoms with Crippen molar-refractivity contribution in [3.8, 4) is 5.75 Å². The zero-order chi connectivity index (χ0) is 15.2. The molecule has 2 N–H and O–H groups in total. The molecule has 1 heterocycles. The summed E-state index contributed by atoms with van der Waals surface area (Å²) in [7, 11) is 1.46. The molecule has 0 aromatic heterocycles. The van der Waals surface area contributed by atoms with Crippen molar-refractivity contribution in [2.24, 2.45) is 0 Å². The van der Waals surface area contributed by atoms with Gasteiger partial charge in [-0.05, 0) is 36.4 Å². The second-order valence-corrected chi connectivity index (χ2v) is 5.57. The molecule has 1 aliphatic heterocycles. The molecule has 1 unspecified atom stereocenters. The molecule has 4 nitrogen and oxygen atoms in total. The Kier molecular flexibility index (Phi) is 3.32. The van der Waals surface area contributed by atoms with Crippen LogP contribution < -0.4 is 10.1 Å². The predicted octanol–water partition coefficient (Wildman–Crippen LogP) is 3.19. The van der Waals surface area contributed by atoms with Crippen LogP contribution in [0.4, 0.5) is 5.69 Å². The van der Waals surface area contributed by atoms with E-state index in [4.69, 9.17) is 27.9 Å². The van der Waals surface area contributed by atoms with E-state index in [0.29, 0.717) is 27.0 Å². The van der Waals surface area contributed by atoms with Crippen molar-refractivity contribution in [1.82, 2.24) is 0 Å². The highest BCUT2D eigenvalue weighted by Gasteiger charge is 2.48. The lowest BCUT2D eigenvalue weighted by atomic mass is 9.87. The molecule has 1 amide bonds. The van der Waals surface area contributed by atoms with E-state index in [2.05, 4.69) is 5.32 Å². The van der Waals surface area contributed by atoms with Gasteiger partial charge in [0.2, 0.25) is 0 Å². The van der Waals surface area contributed by atoms with E-state index in [1.54, 1.807) is 30.3 Å². The number of methoxy groups -OCH3 is 1. The van der Waals surface area contributed by atoms with Gasteiger partial charge in [0.15, 0.2) is 5.60 Å². The molecular formula is C15H11Cl2NO3. The van der Waals surface area contributed by atoms with Gasteiger partial charge in [0.1, 0.15) is 5.75 Å². The SMILES string of the molecule is COc1ccc(Cl)cc1C1(O)C(=O)Nc2ccc(Cl)cc21. The average Bonchev–Trinajstić information content (AvgIpc) is 2.72. The largest absolute Gasteiger partial charge is 0.496 e. The van der Waals surface area contributed by atoms with Crippen molar-refractivity contribution >= 4 is 34.8 Å². The normalized spacial score (nSPS) is 20.1. The number of halogens is 2. The minimum atomic E-state index is -1.89. The van der Waals surface area contributed by atoms with E-state index >= 15 is 0 Å². The topological polar surface area (TPSA) is 58.6 Å². The van der Waals surface area contributed by atoms with Gasteiger partial charge in [-0.25, -0.2) is 0 Å². The Hall–Kier alpha value is -1.75. The Labute approximate surface area is 131 Å². The zero-order valence-corrected chi connectivity index (χ0v) is 12.5. The van der Waals surface area contributed by atoms with Crippen LogP contribution in [-0.4, -0.2) is 18.1 Å². The molecule has 6 heteroatoms. The highest BCUT2D eigenvalue weighted by molar-refractivity contribution is 6.31. The van der Waals surface area contributed by atoms with Gasteiger partial charge in [0.25, 0.3) is 5.91 Å². The van der Waals surface area contributed by atoms with Gasteiger partial charge in [-0.15, -0.1) is 0 Å². The second-order valence-electron chi connectivity index (χ2n) is 4.70. The number of benzene rings is 2. The molecule has 0 saturated heterocycles. The monoisotopic (exact) mass is 323 g/mol. The van der Waals surface area contributed by atoms with Crippen LogP contribution in [0.5, 0.6) is 5.75 Å². The van der Waals surface area contributed by atoms with Crippen molar-refractivity contribution in [1.29, 1.82) is 0 Å². The standard InChI is InChI=1S/C15H11Cl2NO3/c1-21-13-5-3-9(17)7-11(13)15(20)10-6-8(16)2-4-12(10)18-14(15)19/h2-7,20H,1H3,(H,18,19). The van der Waals surface area contributed by atoms with Crippen LogP contribution in [0.1, 0.15) is 11.1 Å². The summed E-state index contributed by atoms with van der Waals surface area (Å²) in [6.45, 7) is 0. The number of anilines is 1. The summed E-state index contributed by atoms with van der Waals surface area (Å²) in [6, 6.07) is 9.57. The summed E-state index contributed by atoms with van der Waals surface area (Å²) >= 11 is 12.0. The summed E-state index contributed by atoms with van der Waals surface area (Å²) in [5.41, 5.74) is -0.735. The lowest BCUT2D eigenvalue weighted by molar-refractivity contribution is -0.129. The van der Waals surface area contributed by atoms with Crippen LogP contribution >= 0.6 is 23.2 Å². The third kappa shape index (κ3) is 2.07. The van der Waals surface area contributed by atoms with Crippen molar-refractivity contribution in [3.63, 3.8) is 0 Å². The van der Waals surface area contributed by atoms with Gasteiger partial charge >= 0.3 is 0 Å². The van der Waals surface area contributed by atoms with Crippen LogP contribution in [0.25, 0.3) is 0 Å². The maximum absolute atomic E-state index is 12.3. The predicted molar refractivity (Wildman–Crippen MR) is 81.1 cm³/mol. The summed E-state index contributed by atoms with van der Waals surface area (Å²) < 4.78 is 5.24. The second kappa shape index (κ2) is 4.91. The van der Waals surface area contributed by atoms with Gasteiger partial charge < -0.3 is 15.2 Å². The van der Waals surface area contributed by atoms with Crippen molar-refractivity contribution < 1.29 is 14.6 Å². The molecule has 0 fully saturated rings. The van der Waals surface area contributed by atoms with Crippen LogP contribution in [0.3, 0.4) is 0 Å². The van der Waals surface area contributed by atoms with E-state index in [1.807, 2.05) is 0 Å². The number of hydrogen-bond acceptors (Lipinski definition) is 3. The van der Waals surface area contributed by atoms with Crippen LogP contribution in [-0.2, 0) is 10.4 Å². The quantitative estimate of drug-likeness (QED) is 0.892. The molecule has 1 aliphatic rings. The highest BCUT2D eigenvalue weighted by atomic mass is 35.5. The fraction of sp³-hybridized carbons (Fsp3) is 0.133. The zero-order valence-electron chi connectivity index (χ0n) is 11.0. The molecule has 0 aliphatic carbocycles. The minimum absolute atomic E-state index is 0.274. The molecule has 0 radical (unpaired) electrons. The lowest BCUT2D eigenvalue weighted by Crippen LogP contribution is -2.35. The smallest absolute Gasteiger partial charge is 0.266 e. The fourth-order valence-corrected chi connectivity index (χ4v) is 2.83.